The van der Waals surface area contributed by atoms with Crippen molar-refractivity contribution in [3.8, 4) is 0 Å². The Labute approximate surface area is 189 Å². The fourth-order valence-electron chi connectivity index (χ4n) is 3.02. The van der Waals surface area contributed by atoms with E-state index in [9.17, 15) is 4.79 Å². The molecule has 0 radical (unpaired) electrons. The minimum atomic E-state index is 0.138. The van der Waals surface area contributed by atoms with Crippen molar-refractivity contribution >= 4 is 60.3 Å². The Morgan fingerprint density at radius 1 is 1.10 bits per heavy atom. The van der Waals surface area contributed by atoms with E-state index in [1.165, 1.54) is 4.90 Å². The molecule has 0 aliphatic heterocycles. The molecule has 0 atom stereocenters. The van der Waals surface area contributed by atoms with Crippen LogP contribution in [0, 0.1) is 0 Å². The molecule has 0 spiro atoms. The lowest BCUT2D eigenvalue weighted by Gasteiger charge is -2.24. The number of hydrogen-bond donors (Lipinski definition) is 0. The molecule has 1 heterocycles. The third kappa shape index (κ3) is 6.28. The number of hydrogen-bond acceptors (Lipinski definition) is 5. The molecule has 0 unspecified atom stereocenters. The molecule has 0 saturated heterocycles. The van der Waals surface area contributed by atoms with Crippen LogP contribution in [0.1, 0.15) is 20.3 Å². The quantitative estimate of drug-likeness (QED) is 0.330. The van der Waals surface area contributed by atoms with E-state index in [-0.39, 0.29) is 5.91 Å². The van der Waals surface area contributed by atoms with Crippen molar-refractivity contribution in [2.75, 3.05) is 36.8 Å². The van der Waals surface area contributed by atoms with Crippen LogP contribution in [0.3, 0.4) is 0 Å². The molecule has 154 valence electrons. The van der Waals surface area contributed by atoms with E-state index in [1.807, 2.05) is 35.2 Å². The molecule has 0 saturated carbocycles. The molecule has 0 N–H and O–H groups in total. The maximum Gasteiger partial charge on any atom is 0.229 e. The summed E-state index contributed by atoms with van der Waals surface area (Å²) in [6, 6.07) is 16.3. The number of thioether (sulfide) groups is 1. The number of anilines is 1. The van der Waals surface area contributed by atoms with Crippen LogP contribution < -0.4 is 4.90 Å². The summed E-state index contributed by atoms with van der Waals surface area (Å²) in [5, 5.41) is 0.792. The Bertz CT molecular complexity index is 928. The molecule has 0 fully saturated rings. The van der Waals surface area contributed by atoms with Crippen LogP contribution in [0.2, 0.25) is 0 Å². The highest BCUT2D eigenvalue weighted by Crippen LogP contribution is 2.31. The van der Waals surface area contributed by atoms with Crippen LogP contribution in [0.4, 0.5) is 5.13 Å². The molecule has 0 aliphatic rings. The molecule has 3 aromatic rings. The molecule has 1 aromatic heterocycles. The fourth-order valence-corrected chi connectivity index (χ4v) is 5.44. The number of nitrogens with zero attached hydrogens (tertiary/aromatic N) is 3. The van der Waals surface area contributed by atoms with Crippen LogP contribution in [0.5, 0.6) is 0 Å². The van der Waals surface area contributed by atoms with Gasteiger partial charge in [-0.15, -0.1) is 11.8 Å². The number of carbonyl (C=O) groups excluding carboxylic acids is 1. The number of fused-ring (bicyclic) bond motifs is 1. The summed E-state index contributed by atoms with van der Waals surface area (Å²) in [7, 11) is 0. The van der Waals surface area contributed by atoms with Gasteiger partial charge in [-0.05, 0) is 43.4 Å². The van der Waals surface area contributed by atoms with E-state index in [1.54, 1.807) is 23.1 Å². The number of carbonyl (C=O) groups is 1. The van der Waals surface area contributed by atoms with Gasteiger partial charge in [0, 0.05) is 34.6 Å². The molecule has 29 heavy (non-hydrogen) atoms. The first-order valence-electron chi connectivity index (χ1n) is 9.87. The Hall–Kier alpha value is -1.41. The smallest absolute Gasteiger partial charge is 0.229 e. The second kappa shape index (κ2) is 11.1. The first-order chi connectivity index (χ1) is 14.1. The highest BCUT2D eigenvalue weighted by Gasteiger charge is 2.20. The minimum absolute atomic E-state index is 0.138. The van der Waals surface area contributed by atoms with Gasteiger partial charge in [0.25, 0.3) is 0 Å². The standard InChI is InChI=1S/C22H26BrN3OS2/c1-3-25(4-2)13-14-26(21(27)12-15-28-18-8-6-5-7-9-18)22-24-19-11-10-17(23)16-20(19)29-22/h5-11,16H,3-4,12-15H2,1-2H3. The zero-order valence-electron chi connectivity index (χ0n) is 16.8. The molecule has 1 amide bonds. The first-order valence-corrected chi connectivity index (χ1v) is 12.5. The van der Waals surface area contributed by atoms with Gasteiger partial charge < -0.3 is 4.90 Å². The number of aromatic nitrogens is 1. The largest absolute Gasteiger partial charge is 0.302 e. The highest BCUT2D eigenvalue weighted by molar-refractivity contribution is 9.10. The normalized spacial score (nSPS) is 11.3. The molecule has 0 aliphatic carbocycles. The summed E-state index contributed by atoms with van der Waals surface area (Å²) in [5.41, 5.74) is 0.937. The molecule has 3 rings (SSSR count). The predicted octanol–water partition coefficient (Wildman–Crippen LogP) is 5.92. The maximum atomic E-state index is 13.1. The van der Waals surface area contributed by atoms with Crippen molar-refractivity contribution < 1.29 is 4.79 Å². The Balaban J connectivity index is 1.72. The van der Waals surface area contributed by atoms with Gasteiger partial charge in [0.15, 0.2) is 5.13 Å². The van der Waals surface area contributed by atoms with Crippen LogP contribution in [0.25, 0.3) is 10.2 Å². The average molecular weight is 493 g/mol. The summed E-state index contributed by atoms with van der Waals surface area (Å²) in [5.74, 6) is 0.903. The third-order valence-electron chi connectivity index (χ3n) is 4.73. The molecule has 0 bridgehead atoms. The van der Waals surface area contributed by atoms with E-state index in [0.29, 0.717) is 13.0 Å². The van der Waals surface area contributed by atoms with Crippen molar-refractivity contribution in [1.82, 2.24) is 9.88 Å². The second-order valence-electron chi connectivity index (χ2n) is 6.59. The number of amides is 1. The minimum Gasteiger partial charge on any atom is -0.302 e. The van der Waals surface area contributed by atoms with Gasteiger partial charge in [-0.1, -0.05) is 59.3 Å². The Morgan fingerprint density at radius 3 is 2.59 bits per heavy atom. The van der Waals surface area contributed by atoms with Crippen molar-refractivity contribution in [3.05, 3.63) is 53.0 Å². The lowest BCUT2D eigenvalue weighted by atomic mass is 10.3. The van der Waals surface area contributed by atoms with Crippen LogP contribution in [0.15, 0.2) is 57.9 Å². The van der Waals surface area contributed by atoms with Gasteiger partial charge in [-0.25, -0.2) is 4.98 Å². The Kier molecular flexibility index (Phi) is 8.53. The van der Waals surface area contributed by atoms with Crippen molar-refractivity contribution in [3.63, 3.8) is 0 Å². The fraction of sp³-hybridized carbons (Fsp3) is 0.364. The zero-order valence-corrected chi connectivity index (χ0v) is 20.0. The number of rotatable bonds is 10. The summed E-state index contributed by atoms with van der Waals surface area (Å²) in [6.45, 7) is 7.79. The van der Waals surface area contributed by atoms with Crippen LogP contribution >= 0.6 is 39.0 Å². The number of likely N-dealkylation sites (N-methyl/N-ethyl adjacent to an activating group) is 1. The van der Waals surface area contributed by atoms with Crippen molar-refractivity contribution in [1.29, 1.82) is 0 Å². The van der Waals surface area contributed by atoms with Gasteiger partial charge in [0.05, 0.1) is 10.2 Å². The molecular formula is C22H26BrN3OS2. The monoisotopic (exact) mass is 491 g/mol. The van der Waals surface area contributed by atoms with E-state index in [4.69, 9.17) is 4.98 Å². The van der Waals surface area contributed by atoms with Crippen molar-refractivity contribution in [2.45, 2.75) is 25.2 Å². The summed E-state index contributed by atoms with van der Waals surface area (Å²) >= 11 is 6.83. The van der Waals surface area contributed by atoms with Gasteiger partial charge in [0.1, 0.15) is 0 Å². The van der Waals surface area contributed by atoms with Gasteiger partial charge in [-0.2, -0.15) is 0 Å². The predicted molar refractivity (Wildman–Crippen MR) is 129 cm³/mol. The number of halogens is 1. The first kappa shape index (κ1) is 22.3. The molecule has 7 heteroatoms. The van der Waals surface area contributed by atoms with Gasteiger partial charge in [0.2, 0.25) is 5.91 Å². The Morgan fingerprint density at radius 2 is 1.86 bits per heavy atom. The van der Waals surface area contributed by atoms with Crippen LogP contribution in [-0.4, -0.2) is 47.7 Å². The SMILES string of the molecule is CCN(CC)CCN(C(=O)CCSc1ccccc1)c1nc2ccc(Br)cc2s1. The van der Waals surface area contributed by atoms with Gasteiger partial charge in [-0.3, -0.25) is 9.69 Å². The molecule has 2 aromatic carbocycles. The maximum absolute atomic E-state index is 13.1. The lowest BCUT2D eigenvalue weighted by molar-refractivity contribution is -0.118. The summed E-state index contributed by atoms with van der Waals surface area (Å²) < 4.78 is 2.12. The number of thiazole rings is 1. The lowest BCUT2D eigenvalue weighted by Crippen LogP contribution is -2.39. The van der Waals surface area contributed by atoms with E-state index >= 15 is 0 Å². The van der Waals surface area contributed by atoms with E-state index in [2.05, 4.69) is 52.9 Å². The average Bonchev–Trinajstić information content (AvgIpc) is 3.14. The van der Waals surface area contributed by atoms with Gasteiger partial charge >= 0.3 is 0 Å². The zero-order chi connectivity index (χ0) is 20.6. The van der Waals surface area contributed by atoms with E-state index in [0.717, 1.165) is 45.2 Å². The van der Waals surface area contributed by atoms with E-state index < -0.39 is 0 Å². The molecular weight excluding hydrogens is 466 g/mol. The second-order valence-corrected chi connectivity index (χ2v) is 9.69. The van der Waals surface area contributed by atoms with Crippen molar-refractivity contribution in [2.24, 2.45) is 0 Å². The summed E-state index contributed by atoms with van der Waals surface area (Å²) in [6.07, 6.45) is 0.497. The third-order valence-corrected chi connectivity index (χ3v) is 7.28. The molecule has 4 nitrogen and oxygen atoms in total. The van der Waals surface area contributed by atoms with Crippen LogP contribution in [-0.2, 0) is 4.79 Å². The summed E-state index contributed by atoms with van der Waals surface area (Å²) in [4.78, 5) is 23.3. The highest BCUT2D eigenvalue weighted by atomic mass is 79.9. The number of benzene rings is 2. The topological polar surface area (TPSA) is 36.4 Å².